The number of nitrogens with two attached hydrogens (primary N) is 1. The maximum atomic E-state index is 11.5. The molecule has 1 fully saturated rings. The Morgan fingerprint density at radius 3 is 2.65 bits per heavy atom. The standard InChI is InChI=1S/C12H24N2O2.ClH/c1-12(2,11(15)16-3)5-7-14-6-4-10(8-13)9-14;/h10H,4-9,13H2,1-3H3;1H. The monoisotopic (exact) mass is 264 g/mol. The lowest BCUT2D eigenvalue weighted by Crippen LogP contribution is -2.32. The van der Waals surface area contributed by atoms with Crippen molar-refractivity contribution < 1.29 is 9.53 Å². The van der Waals surface area contributed by atoms with Crippen LogP contribution in [0.15, 0.2) is 0 Å². The molecule has 0 aromatic carbocycles. The van der Waals surface area contributed by atoms with Crippen molar-refractivity contribution in [3.05, 3.63) is 0 Å². The second-order valence-corrected chi connectivity index (χ2v) is 5.32. The molecular formula is C12H25ClN2O2. The van der Waals surface area contributed by atoms with Crippen LogP contribution in [0.1, 0.15) is 26.7 Å². The van der Waals surface area contributed by atoms with Gasteiger partial charge in [-0.15, -0.1) is 12.4 Å². The summed E-state index contributed by atoms with van der Waals surface area (Å²) in [5.41, 5.74) is 5.27. The largest absolute Gasteiger partial charge is 0.469 e. The van der Waals surface area contributed by atoms with Crippen LogP contribution >= 0.6 is 12.4 Å². The van der Waals surface area contributed by atoms with Gasteiger partial charge < -0.3 is 15.4 Å². The molecule has 0 aromatic rings. The predicted molar refractivity (Wildman–Crippen MR) is 71.3 cm³/mol. The molecule has 1 rings (SSSR count). The van der Waals surface area contributed by atoms with E-state index < -0.39 is 0 Å². The van der Waals surface area contributed by atoms with Gasteiger partial charge in [-0.05, 0) is 52.2 Å². The maximum absolute atomic E-state index is 11.5. The number of hydrogen-bond acceptors (Lipinski definition) is 4. The van der Waals surface area contributed by atoms with Crippen molar-refractivity contribution in [1.82, 2.24) is 4.90 Å². The van der Waals surface area contributed by atoms with Crippen LogP contribution in [-0.2, 0) is 9.53 Å². The molecule has 1 unspecified atom stereocenters. The summed E-state index contributed by atoms with van der Waals surface area (Å²) in [7, 11) is 1.45. The van der Waals surface area contributed by atoms with E-state index in [2.05, 4.69) is 4.90 Å². The SMILES string of the molecule is COC(=O)C(C)(C)CCN1CCC(CN)C1.Cl. The Labute approximate surface area is 110 Å². The van der Waals surface area contributed by atoms with Gasteiger partial charge in [0.2, 0.25) is 0 Å². The lowest BCUT2D eigenvalue weighted by Gasteiger charge is -2.24. The van der Waals surface area contributed by atoms with Crippen LogP contribution in [0.25, 0.3) is 0 Å². The number of carbonyl (C=O) groups excluding carboxylic acids is 1. The normalized spacial score (nSPS) is 21.1. The summed E-state index contributed by atoms with van der Waals surface area (Å²) < 4.78 is 4.80. The first-order valence-corrected chi connectivity index (χ1v) is 6.00. The van der Waals surface area contributed by atoms with Crippen molar-refractivity contribution >= 4 is 18.4 Å². The van der Waals surface area contributed by atoms with Gasteiger partial charge in [0, 0.05) is 6.54 Å². The van der Waals surface area contributed by atoms with Crippen molar-refractivity contribution in [2.45, 2.75) is 26.7 Å². The first-order valence-electron chi connectivity index (χ1n) is 6.00. The molecule has 17 heavy (non-hydrogen) atoms. The van der Waals surface area contributed by atoms with Crippen molar-refractivity contribution in [2.24, 2.45) is 17.1 Å². The molecule has 1 atom stereocenters. The molecule has 0 amide bonds. The molecule has 102 valence electrons. The molecule has 1 aliphatic heterocycles. The van der Waals surface area contributed by atoms with Crippen LogP contribution in [0, 0.1) is 11.3 Å². The van der Waals surface area contributed by atoms with Crippen molar-refractivity contribution in [3.63, 3.8) is 0 Å². The molecule has 0 bridgehead atoms. The Morgan fingerprint density at radius 2 is 2.18 bits per heavy atom. The molecule has 2 N–H and O–H groups in total. The third-order valence-electron chi connectivity index (χ3n) is 3.49. The lowest BCUT2D eigenvalue weighted by molar-refractivity contribution is -0.151. The fraction of sp³-hybridized carbons (Fsp3) is 0.917. The van der Waals surface area contributed by atoms with Crippen LogP contribution in [-0.4, -0.2) is 44.2 Å². The molecule has 0 spiro atoms. The number of likely N-dealkylation sites (tertiary alicyclic amines) is 1. The van der Waals surface area contributed by atoms with Gasteiger partial charge in [-0.2, -0.15) is 0 Å². The topological polar surface area (TPSA) is 55.6 Å². The summed E-state index contributed by atoms with van der Waals surface area (Å²) in [6, 6.07) is 0. The van der Waals surface area contributed by atoms with Gasteiger partial charge in [-0.25, -0.2) is 0 Å². The highest BCUT2D eigenvalue weighted by Gasteiger charge is 2.30. The van der Waals surface area contributed by atoms with Crippen LogP contribution in [0.5, 0.6) is 0 Å². The third kappa shape index (κ3) is 4.82. The first-order chi connectivity index (χ1) is 7.49. The fourth-order valence-electron chi connectivity index (χ4n) is 2.12. The van der Waals surface area contributed by atoms with Crippen molar-refractivity contribution in [2.75, 3.05) is 33.3 Å². The van der Waals surface area contributed by atoms with Gasteiger partial charge in [0.05, 0.1) is 12.5 Å². The van der Waals surface area contributed by atoms with E-state index in [0.29, 0.717) is 5.92 Å². The zero-order valence-electron chi connectivity index (χ0n) is 11.1. The highest BCUT2D eigenvalue weighted by molar-refractivity contribution is 5.85. The maximum Gasteiger partial charge on any atom is 0.311 e. The number of nitrogens with zero attached hydrogens (tertiary/aromatic N) is 1. The summed E-state index contributed by atoms with van der Waals surface area (Å²) in [5.74, 6) is 0.517. The number of hydrogen-bond donors (Lipinski definition) is 1. The average Bonchev–Trinajstić information content (AvgIpc) is 2.73. The van der Waals surface area contributed by atoms with E-state index >= 15 is 0 Å². The molecule has 5 heteroatoms. The number of ether oxygens (including phenoxy) is 1. The van der Waals surface area contributed by atoms with Gasteiger partial charge in [0.15, 0.2) is 0 Å². The van der Waals surface area contributed by atoms with Crippen molar-refractivity contribution in [1.29, 1.82) is 0 Å². The summed E-state index contributed by atoms with van der Waals surface area (Å²) >= 11 is 0. The Kier molecular flexibility index (Phi) is 7.05. The first kappa shape index (κ1) is 16.7. The van der Waals surface area contributed by atoms with E-state index in [1.54, 1.807) is 0 Å². The highest BCUT2D eigenvalue weighted by atomic mass is 35.5. The van der Waals surface area contributed by atoms with Gasteiger partial charge in [0.25, 0.3) is 0 Å². The Morgan fingerprint density at radius 1 is 1.53 bits per heavy atom. The second-order valence-electron chi connectivity index (χ2n) is 5.32. The molecule has 0 aromatic heterocycles. The summed E-state index contributed by atoms with van der Waals surface area (Å²) in [4.78, 5) is 13.9. The predicted octanol–water partition coefficient (Wildman–Crippen LogP) is 1.28. The van der Waals surface area contributed by atoms with Crippen LogP contribution < -0.4 is 5.73 Å². The zero-order chi connectivity index (χ0) is 12.2. The average molecular weight is 265 g/mol. The minimum atomic E-state index is -0.379. The Bertz CT molecular complexity index is 247. The Balaban J connectivity index is 0.00000256. The van der Waals surface area contributed by atoms with Gasteiger partial charge >= 0.3 is 5.97 Å². The summed E-state index contributed by atoms with van der Waals surface area (Å²) in [6.45, 7) is 7.80. The molecular weight excluding hydrogens is 240 g/mol. The van der Waals surface area contributed by atoms with E-state index in [4.69, 9.17) is 10.5 Å². The molecule has 0 saturated carbocycles. The van der Waals surface area contributed by atoms with Gasteiger partial charge in [0.1, 0.15) is 0 Å². The lowest BCUT2D eigenvalue weighted by atomic mass is 9.89. The molecule has 4 nitrogen and oxygen atoms in total. The molecule has 1 heterocycles. The number of methoxy groups -OCH3 is 1. The highest BCUT2D eigenvalue weighted by Crippen LogP contribution is 2.24. The molecule has 1 aliphatic rings. The van der Waals surface area contributed by atoms with Crippen LogP contribution in [0.2, 0.25) is 0 Å². The summed E-state index contributed by atoms with van der Waals surface area (Å²) in [6.07, 6.45) is 2.03. The van der Waals surface area contributed by atoms with Crippen LogP contribution in [0.4, 0.5) is 0 Å². The van der Waals surface area contributed by atoms with E-state index in [-0.39, 0.29) is 23.8 Å². The number of halogens is 1. The Hall–Kier alpha value is -0.320. The minimum absolute atomic E-state index is 0. The smallest absolute Gasteiger partial charge is 0.311 e. The third-order valence-corrected chi connectivity index (χ3v) is 3.49. The number of esters is 1. The summed E-state index contributed by atoms with van der Waals surface area (Å²) in [5, 5.41) is 0. The van der Waals surface area contributed by atoms with E-state index in [0.717, 1.165) is 32.6 Å². The second kappa shape index (κ2) is 7.19. The number of rotatable bonds is 5. The van der Waals surface area contributed by atoms with Crippen molar-refractivity contribution in [3.8, 4) is 0 Å². The van der Waals surface area contributed by atoms with Gasteiger partial charge in [-0.1, -0.05) is 0 Å². The molecule has 1 saturated heterocycles. The van der Waals surface area contributed by atoms with E-state index in [1.807, 2.05) is 13.8 Å². The van der Waals surface area contributed by atoms with Gasteiger partial charge in [-0.3, -0.25) is 4.79 Å². The quantitative estimate of drug-likeness (QED) is 0.760. The zero-order valence-corrected chi connectivity index (χ0v) is 11.9. The van der Waals surface area contributed by atoms with Crippen LogP contribution in [0.3, 0.4) is 0 Å². The van der Waals surface area contributed by atoms with E-state index in [9.17, 15) is 4.79 Å². The molecule has 0 radical (unpaired) electrons. The molecule has 0 aliphatic carbocycles. The van der Waals surface area contributed by atoms with E-state index in [1.165, 1.54) is 13.5 Å². The number of carbonyl (C=O) groups is 1. The fourth-order valence-corrected chi connectivity index (χ4v) is 2.12. The minimum Gasteiger partial charge on any atom is -0.469 e.